The molecule has 0 radical (unpaired) electrons. The number of rotatable bonds is 9. The number of hydrogen-bond acceptors (Lipinski definition) is 4. The molecule has 0 heterocycles. The second-order valence-electron chi connectivity index (χ2n) is 5.86. The lowest BCUT2D eigenvalue weighted by Crippen LogP contribution is -2.28. The second kappa shape index (κ2) is 10.4. The van der Waals surface area contributed by atoms with Crippen LogP contribution >= 0.6 is 0 Å². The molecule has 0 aliphatic heterocycles. The first-order valence-corrected chi connectivity index (χ1v) is 8.57. The van der Waals surface area contributed by atoms with Gasteiger partial charge in [0.25, 0.3) is 5.91 Å². The Bertz CT molecular complexity index is 827. The van der Waals surface area contributed by atoms with Crippen molar-refractivity contribution in [2.24, 2.45) is 0 Å². The fraction of sp³-hybridized carbons (Fsp3) is 0.190. The number of amides is 1. The molecule has 0 bridgehead atoms. The summed E-state index contributed by atoms with van der Waals surface area (Å²) in [5, 5.41) is 20.6. The van der Waals surface area contributed by atoms with E-state index in [0.717, 1.165) is 11.3 Å². The molecular weight excluding hydrogens is 342 g/mol. The van der Waals surface area contributed by atoms with Crippen molar-refractivity contribution >= 4 is 17.6 Å². The topological polar surface area (TPSA) is 93.4 Å². The van der Waals surface area contributed by atoms with E-state index in [9.17, 15) is 14.9 Å². The van der Waals surface area contributed by atoms with Crippen LogP contribution in [0.15, 0.2) is 72.4 Å². The van der Waals surface area contributed by atoms with Gasteiger partial charge in [-0.3, -0.25) is 9.59 Å². The predicted octanol–water partition coefficient (Wildman–Crippen LogP) is 3.08. The van der Waals surface area contributed by atoms with Gasteiger partial charge in [0.05, 0.1) is 0 Å². The lowest BCUT2D eigenvalue weighted by molar-refractivity contribution is -0.137. The van der Waals surface area contributed by atoms with Crippen molar-refractivity contribution in [1.29, 1.82) is 5.26 Å². The molecule has 2 N–H and O–H groups in total. The highest BCUT2D eigenvalue weighted by atomic mass is 16.4. The van der Waals surface area contributed by atoms with Crippen molar-refractivity contribution in [2.45, 2.75) is 19.4 Å². The third kappa shape index (κ3) is 6.67. The summed E-state index contributed by atoms with van der Waals surface area (Å²) in [4.78, 5) is 24.6. The van der Waals surface area contributed by atoms with Gasteiger partial charge in [0.15, 0.2) is 0 Å². The van der Waals surface area contributed by atoms with Crippen LogP contribution in [0.4, 0.5) is 5.69 Å². The molecule has 1 amide bonds. The summed E-state index contributed by atoms with van der Waals surface area (Å²) in [6.45, 7) is 0.705. The highest BCUT2D eigenvalue weighted by Gasteiger charge is 2.13. The zero-order chi connectivity index (χ0) is 19.5. The molecule has 0 saturated heterocycles. The third-order valence-electron chi connectivity index (χ3n) is 3.79. The number of carbonyl (C=O) groups excluding carboxylic acids is 1. The van der Waals surface area contributed by atoms with Crippen LogP contribution in [0.1, 0.15) is 18.4 Å². The normalized spacial score (nSPS) is 10.7. The maximum absolute atomic E-state index is 12.3. The van der Waals surface area contributed by atoms with Gasteiger partial charge in [0, 0.05) is 31.4 Å². The van der Waals surface area contributed by atoms with E-state index in [1.165, 1.54) is 6.20 Å². The van der Waals surface area contributed by atoms with Crippen molar-refractivity contribution in [3.05, 3.63) is 78.0 Å². The fourth-order valence-electron chi connectivity index (χ4n) is 2.44. The lowest BCUT2D eigenvalue weighted by atomic mass is 10.2. The van der Waals surface area contributed by atoms with Gasteiger partial charge in [0.1, 0.15) is 11.6 Å². The molecule has 0 spiro atoms. The summed E-state index contributed by atoms with van der Waals surface area (Å²) < 4.78 is 0. The van der Waals surface area contributed by atoms with Crippen LogP contribution in [0.5, 0.6) is 0 Å². The average molecular weight is 363 g/mol. The summed E-state index contributed by atoms with van der Waals surface area (Å²) in [5.41, 5.74) is 1.86. The minimum atomic E-state index is -0.918. The summed E-state index contributed by atoms with van der Waals surface area (Å²) in [6, 6.07) is 21.1. The van der Waals surface area contributed by atoms with Gasteiger partial charge in [-0.25, -0.2) is 0 Å². The van der Waals surface area contributed by atoms with Crippen LogP contribution in [0.25, 0.3) is 0 Å². The maximum Gasteiger partial charge on any atom is 0.303 e. The number of aliphatic carboxylic acids is 1. The van der Waals surface area contributed by atoms with Crippen LogP contribution in [-0.2, 0) is 16.1 Å². The molecule has 6 heteroatoms. The van der Waals surface area contributed by atoms with Gasteiger partial charge < -0.3 is 15.3 Å². The monoisotopic (exact) mass is 363 g/mol. The van der Waals surface area contributed by atoms with E-state index >= 15 is 0 Å². The third-order valence-corrected chi connectivity index (χ3v) is 3.79. The molecule has 138 valence electrons. The van der Waals surface area contributed by atoms with Gasteiger partial charge >= 0.3 is 5.97 Å². The average Bonchev–Trinajstić information content (AvgIpc) is 2.69. The van der Waals surface area contributed by atoms with Crippen molar-refractivity contribution in [3.63, 3.8) is 0 Å². The van der Waals surface area contributed by atoms with Gasteiger partial charge in [0.2, 0.25) is 0 Å². The standard InChI is InChI=1S/C21H21N3O3/c22-14-18(21(27)23-13-7-12-20(25)26)16-24(19-10-5-2-6-11-19)15-17-8-3-1-4-9-17/h1-6,8-11,16H,7,12-13,15H2,(H,23,27)(H,25,26)/b18-16-. The van der Waals surface area contributed by atoms with Crippen molar-refractivity contribution in [3.8, 4) is 6.07 Å². The molecule has 0 aliphatic rings. The SMILES string of the molecule is N#C/C(=C/N(Cc1ccccc1)c1ccccc1)C(=O)NCCCC(=O)O. The number of hydrogen-bond donors (Lipinski definition) is 2. The second-order valence-corrected chi connectivity index (χ2v) is 5.86. The van der Waals surface area contributed by atoms with Crippen LogP contribution in [0.3, 0.4) is 0 Å². The summed E-state index contributed by atoms with van der Waals surface area (Å²) >= 11 is 0. The number of nitriles is 1. The fourth-order valence-corrected chi connectivity index (χ4v) is 2.44. The van der Waals surface area contributed by atoms with E-state index in [1.54, 1.807) is 0 Å². The van der Waals surface area contributed by atoms with Gasteiger partial charge in [-0.2, -0.15) is 5.26 Å². The minimum absolute atomic E-state index is 0.0317. The molecule has 27 heavy (non-hydrogen) atoms. The van der Waals surface area contributed by atoms with Crippen LogP contribution < -0.4 is 10.2 Å². The summed E-state index contributed by atoms with van der Waals surface area (Å²) in [7, 11) is 0. The summed E-state index contributed by atoms with van der Waals surface area (Å²) in [6.07, 6.45) is 1.80. The van der Waals surface area contributed by atoms with Gasteiger partial charge in [-0.1, -0.05) is 48.5 Å². The summed E-state index contributed by atoms with van der Waals surface area (Å²) in [5.74, 6) is -1.43. The Morgan fingerprint density at radius 2 is 1.70 bits per heavy atom. The molecule has 6 nitrogen and oxygen atoms in total. The molecule has 0 unspecified atom stereocenters. The van der Waals surface area contributed by atoms with E-state index in [0.29, 0.717) is 13.0 Å². The van der Waals surface area contributed by atoms with Gasteiger partial charge in [-0.15, -0.1) is 0 Å². The first kappa shape index (κ1) is 19.7. The molecule has 0 atom stereocenters. The Morgan fingerprint density at radius 1 is 1.07 bits per heavy atom. The number of carbonyl (C=O) groups is 2. The van der Waals surface area contributed by atoms with Crippen molar-refractivity contribution < 1.29 is 14.7 Å². The Balaban J connectivity index is 2.16. The smallest absolute Gasteiger partial charge is 0.303 e. The Hall–Kier alpha value is -3.59. The first-order chi connectivity index (χ1) is 13.1. The largest absolute Gasteiger partial charge is 0.481 e. The van der Waals surface area contributed by atoms with Crippen molar-refractivity contribution in [2.75, 3.05) is 11.4 Å². The number of carboxylic acid groups (broad SMARTS) is 1. The Kier molecular flexibility index (Phi) is 7.61. The van der Waals surface area contributed by atoms with E-state index in [-0.39, 0.29) is 18.5 Å². The minimum Gasteiger partial charge on any atom is -0.481 e. The van der Waals surface area contributed by atoms with Crippen molar-refractivity contribution in [1.82, 2.24) is 5.32 Å². The Labute approximate surface area is 158 Å². The van der Waals surface area contributed by atoms with Gasteiger partial charge in [-0.05, 0) is 24.1 Å². The zero-order valence-electron chi connectivity index (χ0n) is 14.8. The number of nitrogens with one attached hydrogen (secondary N) is 1. The molecule has 0 aliphatic carbocycles. The van der Waals surface area contributed by atoms with E-state index in [4.69, 9.17) is 5.11 Å². The van der Waals surface area contributed by atoms with E-state index in [1.807, 2.05) is 71.6 Å². The number of benzene rings is 2. The molecular formula is C21H21N3O3. The molecule has 0 fully saturated rings. The highest BCUT2D eigenvalue weighted by molar-refractivity contribution is 5.97. The van der Waals surface area contributed by atoms with Crippen LogP contribution in [0.2, 0.25) is 0 Å². The van der Waals surface area contributed by atoms with E-state index in [2.05, 4.69) is 5.32 Å². The first-order valence-electron chi connectivity index (χ1n) is 8.57. The molecule has 0 saturated carbocycles. The predicted molar refractivity (Wildman–Crippen MR) is 103 cm³/mol. The van der Waals surface area contributed by atoms with Crippen LogP contribution in [0, 0.1) is 11.3 Å². The lowest BCUT2D eigenvalue weighted by Gasteiger charge is -2.21. The molecule has 2 aromatic rings. The quantitative estimate of drug-likeness (QED) is 0.406. The zero-order valence-corrected chi connectivity index (χ0v) is 14.8. The molecule has 2 rings (SSSR count). The molecule has 2 aromatic carbocycles. The number of para-hydroxylation sites is 1. The number of carboxylic acids is 1. The maximum atomic E-state index is 12.3. The van der Waals surface area contributed by atoms with E-state index < -0.39 is 11.9 Å². The highest BCUT2D eigenvalue weighted by Crippen LogP contribution is 2.18. The Morgan fingerprint density at radius 3 is 2.30 bits per heavy atom. The molecule has 0 aromatic heterocycles. The van der Waals surface area contributed by atoms with Crippen LogP contribution in [-0.4, -0.2) is 23.5 Å². The number of nitrogens with zero attached hydrogens (tertiary/aromatic N) is 2. The number of anilines is 1.